The van der Waals surface area contributed by atoms with Crippen LogP contribution >= 0.6 is 0 Å². The number of guanidine groups is 1. The maximum atomic E-state index is 11.9. The van der Waals surface area contributed by atoms with Gasteiger partial charge < -0.3 is 16.2 Å². The van der Waals surface area contributed by atoms with E-state index in [4.69, 9.17) is 10.8 Å². The van der Waals surface area contributed by atoms with Crippen LogP contribution in [0.5, 0.6) is 0 Å². The first-order valence-corrected chi connectivity index (χ1v) is 7.15. The van der Waals surface area contributed by atoms with Gasteiger partial charge in [-0.05, 0) is 12.8 Å². The lowest BCUT2D eigenvalue weighted by Gasteiger charge is -2.13. The number of carbonyl (C=O) groups is 1. The Morgan fingerprint density at radius 3 is 3.06 bits per heavy atom. The number of carboxylic acid groups (broad SMARTS) is 1. The van der Waals surface area contributed by atoms with Gasteiger partial charge in [0, 0.05) is 23.0 Å². The van der Waals surface area contributed by atoms with Crippen molar-refractivity contribution in [2.75, 3.05) is 5.75 Å². The molecule has 0 aliphatic carbocycles. The highest BCUT2D eigenvalue weighted by atomic mass is 32.2. The zero-order valence-electron chi connectivity index (χ0n) is 9.46. The zero-order chi connectivity index (χ0) is 12.4. The second-order valence-corrected chi connectivity index (χ2v) is 6.18. The molecule has 2 aliphatic rings. The highest BCUT2D eigenvalue weighted by molar-refractivity contribution is 7.86. The number of aliphatic carboxylic acids is 1. The van der Waals surface area contributed by atoms with Crippen LogP contribution in [0.4, 0.5) is 0 Å². The van der Waals surface area contributed by atoms with Gasteiger partial charge in [-0.2, -0.15) is 0 Å². The number of fused-ring (bicyclic) bond motifs is 1. The highest BCUT2D eigenvalue weighted by Gasteiger charge is 2.44. The molecule has 0 amide bonds. The molecule has 0 aromatic heterocycles. The maximum absolute atomic E-state index is 11.9. The van der Waals surface area contributed by atoms with Gasteiger partial charge >= 0.3 is 5.97 Å². The minimum atomic E-state index is -0.871. The van der Waals surface area contributed by atoms with Crippen LogP contribution in [0.15, 0.2) is 4.99 Å². The molecule has 6 nitrogen and oxygen atoms in total. The first kappa shape index (κ1) is 12.3. The molecule has 2 aliphatic heterocycles. The minimum absolute atomic E-state index is 0.0145. The Morgan fingerprint density at radius 2 is 2.35 bits per heavy atom. The summed E-state index contributed by atoms with van der Waals surface area (Å²) in [4.78, 5) is 14.6. The van der Waals surface area contributed by atoms with Crippen molar-refractivity contribution in [3.63, 3.8) is 0 Å². The van der Waals surface area contributed by atoms with Crippen LogP contribution in [0.2, 0.25) is 0 Å². The Labute approximate surface area is 102 Å². The monoisotopic (exact) mass is 259 g/mol. The van der Waals surface area contributed by atoms with Crippen LogP contribution in [0.3, 0.4) is 0 Å². The molecule has 0 bridgehead atoms. The molecule has 0 unspecified atom stereocenters. The van der Waals surface area contributed by atoms with E-state index in [1.807, 2.05) is 0 Å². The molecule has 2 heterocycles. The highest BCUT2D eigenvalue weighted by Crippen LogP contribution is 2.27. The van der Waals surface area contributed by atoms with Crippen molar-refractivity contribution in [1.29, 1.82) is 0 Å². The fourth-order valence-corrected chi connectivity index (χ4v) is 4.30. The van der Waals surface area contributed by atoms with Gasteiger partial charge in [0.1, 0.15) is 0 Å². The molecule has 17 heavy (non-hydrogen) atoms. The normalized spacial score (nSPS) is 35.2. The number of nitrogens with zero attached hydrogens (tertiary/aromatic N) is 1. The average Bonchev–Trinajstić information content (AvgIpc) is 2.69. The van der Waals surface area contributed by atoms with Crippen LogP contribution in [0.25, 0.3) is 0 Å². The van der Waals surface area contributed by atoms with Gasteiger partial charge in [-0.3, -0.25) is 9.00 Å². The molecule has 0 spiro atoms. The van der Waals surface area contributed by atoms with Crippen molar-refractivity contribution in [3.05, 3.63) is 0 Å². The number of aliphatic imine (C=N–C) groups is 1. The molecule has 2 rings (SSSR count). The van der Waals surface area contributed by atoms with Crippen LogP contribution in [0.1, 0.15) is 25.7 Å². The van der Waals surface area contributed by atoms with Gasteiger partial charge in [-0.25, -0.2) is 4.99 Å². The van der Waals surface area contributed by atoms with E-state index in [0.29, 0.717) is 18.1 Å². The summed E-state index contributed by atoms with van der Waals surface area (Å²) in [7, 11) is -0.871. The smallest absolute Gasteiger partial charge is 0.303 e. The Kier molecular flexibility index (Phi) is 3.66. The van der Waals surface area contributed by atoms with Gasteiger partial charge in [0.2, 0.25) is 0 Å². The van der Waals surface area contributed by atoms with Crippen molar-refractivity contribution in [1.82, 2.24) is 5.32 Å². The molecule has 0 saturated carbocycles. The average molecular weight is 259 g/mol. The van der Waals surface area contributed by atoms with Gasteiger partial charge in [0.05, 0.1) is 17.3 Å². The molecule has 4 atom stereocenters. The molecule has 4 N–H and O–H groups in total. The van der Waals surface area contributed by atoms with Crippen LogP contribution in [-0.4, -0.2) is 44.3 Å². The number of hydrogen-bond acceptors (Lipinski definition) is 5. The van der Waals surface area contributed by atoms with Gasteiger partial charge in [-0.1, -0.05) is 6.42 Å². The predicted octanol–water partition coefficient (Wildman–Crippen LogP) is -0.583. The van der Waals surface area contributed by atoms with Gasteiger partial charge in [0.25, 0.3) is 0 Å². The Bertz CT molecular complexity index is 372. The van der Waals surface area contributed by atoms with E-state index < -0.39 is 16.8 Å². The topological polar surface area (TPSA) is 105 Å². The van der Waals surface area contributed by atoms with E-state index >= 15 is 0 Å². The fraction of sp³-hybridized carbons (Fsp3) is 0.800. The standard InChI is InChI=1S/C10H17N3O3S/c11-10-12-6-5-17(16)7(9(6)13-10)3-1-2-4-8(14)15/h6-7,9H,1-5H2,(H,14,15)(H3,11,12,13)/t6-,7-,9-,17-/m1/s1. The van der Waals surface area contributed by atoms with Crippen LogP contribution in [0, 0.1) is 0 Å². The molecule has 7 heteroatoms. The molecule has 0 aromatic rings. The first-order chi connectivity index (χ1) is 8.08. The SMILES string of the molecule is NC1=N[C@H]2[C@@H](CCCCC(=O)O)[S@](=O)C[C@H]2N1. The largest absolute Gasteiger partial charge is 0.481 e. The summed E-state index contributed by atoms with van der Waals surface area (Å²) >= 11 is 0. The van der Waals surface area contributed by atoms with Crippen molar-refractivity contribution >= 4 is 22.7 Å². The summed E-state index contributed by atoms with van der Waals surface area (Å²) in [6.45, 7) is 0. The van der Waals surface area contributed by atoms with E-state index in [-0.39, 0.29) is 23.8 Å². The molecule has 0 aromatic carbocycles. The summed E-state index contributed by atoms with van der Waals surface area (Å²) < 4.78 is 11.9. The number of unbranched alkanes of at least 4 members (excludes halogenated alkanes) is 1. The van der Waals surface area contributed by atoms with E-state index in [9.17, 15) is 9.00 Å². The number of hydrogen-bond donors (Lipinski definition) is 3. The van der Waals surface area contributed by atoms with Crippen molar-refractivity contribution in [2.24, 2.45) is 10.7 Å². The minimum Gasteiger partial charge on any atom is -0.481 e. The third-order valence-corrected chi connectivity index (χ3v) is 5.10. The lowest BCUT2D eigenvalue weighted by molar-refractivity contribution is -0.137. The van der Waals surface area contributed by atoms with E-state index in [0.717, 1.165) is 12.8 Å². The Morgan fingerprint density at radius 1 is 1.59 bits per heavy atom. The summed E-state index contributed by atoms with van der Waals surface area (Å²) in [6.07, 6.45) is 2.35. The number of nitrogens with two attached hydrogens (primary N) is 1. The van der Waals surface area contributed by atoms with E-state index in [2.05, 4.69) is 10.3 Å². The number of rotatable bonds is 5. The first-order valence-electron chi connectivity index (χ1n) is 5.76. The van der Waals surface area contributed by atoms with E-state index in [1.54, 1.807) is 0 Å². The molecular weight excluding hydrogens is 242 g/mol. The van der Waals surface area contributed by atoms with Crippen molar-refractivity contribution in [3.8, 4) is 0 Å². The summed E-state index contributed by atoms with van der Waals surface area (Å²) in [5.74, 6) is 0.255. The Balaban J connectivity index is 1.83. The molecule has 1 saturated heterocycles. The number of carboxylic acids is 1. The van der Waals surface area contributed by atoms with Crippen LogP contribution < -0.4 is 11.1 Å². The van der Waals surface area contributed by atoms with Crippen molar-refractivity contribution < 1.29 is 14.1 Å². The maximum Gasteiger partial charge on any atom is 0.303 e. The zero-order valence-corrected chi connectivity index (χ0v) is 10.3. The number of nitrogens with one attached hydrogen (secondary N) is 1. The van der Waals surface area contributed by atoms with Gasteiger partial charge in [0.15, 0.2) is 5.96 Å². The third-order valence-electron chi connectivity index (χ3n) is 3.23. The molecular formula is C10H17N3O3S. The second-order valence-electron chi connectivity index (χ2n) is 4.48. The Hall–Kier alpha value is -1.11. The lowest BCUT2D eigenvalue weighted by Crippen LogP contribution is -2.38. The quantitative estimate of drug-likeness (QED) is 0.573. The second kappa shape index (κ2) is 5.03. The summed E-state index contributed by atoms with van der Waals surface area (Å²) in [5.41, 5.74) is 5.59. The van der Waals surface area contributed by atoms with E-state index in [1.165, 1.54) is 0 Å². The molecule has 0 radical (unpaired) electrons. The summed E-state index contributed by atoms with van der Waals surface area (Å²) in [5, 5.41) is 11.6. The third kappa shape index (κ3) is 2.77. The molecule has 96 valence electrons. The fourth-order valence-electron chi connectivity index (χ4n) is 2.43. The summed E-state index contributed by atoms with van der Waals surface area (Å²) in [6, 6.07) is 0.126. The van der Waals surface area contributed by atoms with Crippen LogP contribution in [-0.2, 0) is 15.6 Å². The lowest BCUT2D eigenvalue weighted by atomic mass is 10.0. The van der Waals surface area contributed by atoms with Crippen molar-refractivity contribution in [2.45, 2.75) is 43.0 Å². The van der Waals surface area contributed by atoms with Gasteiger partial charge in [-0.15, -0.1) is 0 Å². The predicted molar refractivity (Wildman–Crippen MR) is 65.2 cm³/mol. The molecule has 1 fully saturated rings.